The van der Waals surface area contributed by atoms with Crippen LogP contribution < -0.4 is 0 Å². The van der Waals surface area contributed by atoms with E-state index < -0.39 is 11.9 Å². The average molecular weight is 564 g/mol. The summed E-state index contributed by atoms with van der Waals surface area (Å²) in [7, 11) is 0. The third-order valence-electron chi connectivity index (χ3n) is 6.74. The van der Waals surface area contributed by atoms with Crippen LogP contribution in [0, 0.1) is 11.7 Å². The molecule has 2 N–H and O–H groups in total. The van der Waals surface area contributed by atoms with E-state index in [1.165, 1.54) is 18.3 Å². The molecule has 0 radical (unpaired) electrons. The zero-order chi connectivity index (χ0) is 29.2. The number of carbonyl (C=O) groups excluding carboxylic acids is 1. The van der Waals surface area contributed by atoms with Crippen LogP contribution in [0.2, 0.25) is 0 Å². The quantitative estimate of drug-likeness (QED) is 0.242. The first kappa shape index (κ1) is 29.3. The van der Waals surface area contributed by atoms with Crippen LogP contribution in [0.1, 0.15) is 34.6 Å². The predicted octanol–water partition coefficient (Wildman–Crippen LogP) is 3.28. The van der Waals surface area contributed by atoms with Crippen LogP contribution >= 0.6 is 0 Å². The van der Waals surface area contributed by atoms with Crippen LogP contribution in [0.15, 0.2) is 67.1 Å². The van der Waals surface area contributed by atoms with Gasteiger partial charge in [0.1, 0.15) is 23.8 Å². The molecule has 0 bridgehead atoms. The van der Waals surface area contributed by atoms with E-state index in [1.54, 1.807) is 24.5 Å². The Kier molecular flexibility index (Phi) is 10.1. The Morgan fingerprint density at radius 3 is 2.34 bits per heavy atom. The fourth-order valence-electron chi connectivity index (χ4n) is 4.61. The Bertz CT molecular complexity index is 1460. The van der Waals surface area contributed by atoms with Crippen molar-refractivity contribution in [3.05, 3.63) is 89.9 Å². The Labute approximate surface area is 235 Å². The molecule has 0 atom stereocenters. The zero-order valence-corrected chi connectivity index (χ0v) is 22.2. The molecular formula is C29H30FN5O6. The van der Waals surface area contributed by atoms with Crippen LogP contribution in [0.4, 0.5) is 4.39 Å². The Morgan fingerprint density at radius 1 is 0.976 bits per heavy atom. The normalized spacial score (nSPS) is 13.8. The Balaban J connectivity index is 0.000000585. The SMILES string of the molecule is O=C(O)C(=O)O.O=C(OCCN1CCC(Cc2nc3cccnc3n2Cc2ccc(F)cc2)CC1)c1cccnc1. The minimum absolute atomic E-state index is 0.235. The molecule has 214 valence electrons. The molecule has 5 rings (SSSR count). The molecule has 11 nitrogen and oxygen atoms in total. The average Bonchev–Trinajstić information content (AvgIpc) is 3.32. The number of carboxylic acid groups (broad SMARTS) is 2. The Hall–Kier alpha value is -4.71. The van der Waals surface area contributed by atoms with Crippen molar-refractivity contribution in [1.29, 1.82) is 0 Å². The second-order valence-corrected chi connectivity index (χ2v) is 9.56. The lowest BCUT2D eigenvalue weighted by molar-refractivity contribution is -0.159. The second-order valence-electron chi connectivity index (χ2n) is 9.56. The van der Waals surface area contributed by atoms with E-state index in [4.69, 9.17) is 29.5 Å². The van der Waals surface area contributed by atoms with Crippen molar-refractivity contribution in [2.75, 3.05) is 26.2 Å². The number of rotatable bonds is 8. The van der Waals surface area contributed by atoms with Gasteiger partial charge in [0.25, 0.3) is 0 Å². The third-order valence-corrected chi connectivity index (χ3v) is 6.74. The number of aliphatic carboxylic acids is 2. The monoisotopic (exact) mass is 563 g/mol. The van der Waals surface area contributed by atoms with E-state index in [9.17, 15) is 9.18 Å². The lowest BCUT2D eigenvalue weighted by Gasteiger charge is -2.31. The molecule has 4 aromatic rings. The molecule has 1 saturated heterocycles. The van der Waals surface area contributed by atoms with Gasteiger partial charge in [0.2, 0.25) is 0 Å². The number of nitrogens with zero attached hydrogens (tertiary/aromatic N) is 5. The number of likely N-dealkylation sites (tertiary alicyclic amines) is 1. The van der Waals surface area contributed by atoms with Crippen LogP contribution in [-0.4, -0.2) is 78.8 Å². The van der Waals surface area contributed by atoms with E-state index in [0.29, 0.717) is 24.6 Å². The van der Waals surface area contributed by atoms with Gasteiger partial charge >= 0.3 is 17.9 Å². The molecule has 41 heavy (non-hydrogen) atoms. The fraction of sp³-hybridized carbons (Fsp3) is 0.310. The second kappa shape index (κ2) is 14.1. The lowest BCUT2D eigenvalue weighted by Crippen LogP contribution is -2.37. The number of ether oxygens (including phenoxy) is 1. The topological polar surface area (TPSA) is 148 Å². The standard InChI is InChI=1S/C27H28FN5O2.C2H2O4/c28-23-7-5-21(6-8-23)19-33-25(31-24-4-2-12-30-26(24)33)17-20-9-13-32(14-10-20)15-16-35-27(34)22-3-1-11-29-18-22;3-1(4)2(5)6/h1-8,11-12,18,20H,9-10,13-17,19H2;(H,3,4)(H,5,6). The van der Waals surface area contributed by atoms with Gasteiger partial charge in [-0.3, -0.25) is 9.88 Å². The number of carboxylic acids is 2. The van der Waals surface area contributed by atoms with Crippen molar-refractivity contribution in [2.24, 2.45) is 5.92 Å². The number of piperidine rings is 1. The van der Waals surface area contributed by atoms with E-state index in [2.05, 4.69) is 19.4 Å². The maximum Gasteiger partial charge on any atom is 0.414 e. The van der Waals surface area contributed by atoms with E-state index in [-0.39, 0.29) is 11.8 Å². The summed E-state index contributed by atoms with van der Waals surface area (Å²) < 4.78 is 20.9. The molecule has 1 aliphatic rings. The minimum Gasteiger partial charge on any atom is -0.473 e. The van der Waals surface area contributed by atoms with Gasteiger partial charge in [0.15, 0.2) is 5.65 Å². The smallest absolute Gasteiger partial charge is 0.414 e. The van der Waals surface area contributed by atoms with Crippen molar-refractivity contribution >= 4 is 29.1 Å². The number of halogens is 1. The number of imidazole rings is 1. The fourth-order valence-corrected chi connectivity index (χ4v) is 4.61. The predicted molar refractivity (Wildman–Crippen MR) is 146 cm³/mol. The molecule has 1 fully saturated rings. The largest absolute Gasteiger partial charge is 0.473 e. The van der Waals surface area contributed by atoms with Gasteiger partial charge in [-0.1, -0.05) is 12.1 Å². The van der Waals surface area contributed by atoms with Crippen LogP contribution in [0.3, 0.4) is 0 Å². The molecule has 0 unspecified atom stereocenters. The van der Waals surface area contributed by atoms with Crippen molar-refractivity contribution in [3.8, 4) is 0 Å². The Morgan fingerprint density at radius 2 is 1.68 bits per heavy atom. The number of hydrogen-bond acceptors (Lipinski definition) is 8. The van der Waals surface area contributed by atoms with Crippen LogP contribution in [0.5, 0.6) is 0 Å². The van der Waals surface area contributed by atoms with Gasteiger partial charge in [0.05, 0.1) is 12.1 Å². The summed E-state index contributed by atoms with van der Waals surface area (Å²) in [5.74, 6) is -2.67. The van der Waals surface area contributed by atoms with Gasteiger partial charge in [-0.2, -0.15) is 0 Å². The first-order valence-corrected chi connectivity index (χ1v) is 13.1. The van der Waals surface area contributed by atoms with E-state index in [0.717, 1.165) is 61.4 Å². The molecule has 1 aliphatic heterocycles. The minimum atomic E-state index is -1.82. The summed E-state index contributed by atoms with van der Waals surface area (Å²) in [6.45, 7) is 3.64. The van der Waals surface area contributed by atoms with Gasteiger partial charge in [0, 0.05) is 31.6 Å². The van der Waals surface area contributed by atoms with Gasteiger partial charge < -0.3 is 19.5 Å². The summed E-state index contributed by atoms with van der Waals surface area (Å²) in [4.78, 5) is 46.0. The van der Waals surface area contributed by atoms with Crippen molar-refractivity contribution in [1.82, 2.24) is 24.4 Å². The van der Waals surface area contributed by atoms with Crippen LogP contribution in [0.25, 0.3) is 11.2 Å². The number of fused-ring (bicyclic) bond motifs is 1. The first-order chi connectivity index (χ1) is 19.8. The third kappa shape index (κ3) is 8.39. The van der Waals surface area contributed by atoms with Crippen molar-refractivity contribution < 1.29 is 33.7 Å². The number of hydrogen-bond donors (Lipinski definition) is 2. The summed E-state index contributed by atoms with van der Waals surface area (Å²) in [5, 5.41) is 14.8. The first-order valence-electron chi connectivity index (χ1n) is 13.1. The van der Waals surface area contributed by atoms with Gasteiger partial charge in [-0.05, 0) is 73.8 Å². The maximum absolute atomic E-state index is 13.4. The van der Waals surface area contributed by atoms with Gasteiger partial charge in [-0.25, -0.2) is 28.7 Å². The van der Waals surface area contributed by atoms with Crippen molar-refractivity contribution in [3.63, 3.8) is 0 Å². The summed E-state index contributed by atoms with van der Waals surface area (Å²) in [6, 6.07) is 13.9. The van der Waals surface area contributed by atoms with Gasteiger partial charge in [-0.15, -0.1) is 0 Å². The number of carbonyl (C=O) groups is 3. The molecule has 1 aromatic carbocycles. The van der Waals surface area contributed by atoms with E-state index >= 15 is 0 Å². The highest BCUT2D eigenvalue weighted by Crippen LogP contribution is 2.24. The summed E-state index contributed by atoms with van der Waals surface area (Å²) in [6.07, 6.45) is 7.94. The number of aromatic nitrogens is 4. The molecule has 0 saturated carbocycles. The highest BCUT2D eigenvalue weighted by Gasteiger charge is 2.23. The highest BCUT2D eigenvalue weighted by molar-refractivity contribution is 6.27. The number of pyridine rings is 2. The van der Waals surface area contributed by atoms with Crippen LogP contribution in [-0.2, 0) is 27.3 Å². The zero-order valence-electron chi connectivity index (χ0n) is 22.2. The lowest BCUT2D eigenvalue weighted by atomic mass is 9.93. The molecule has 0 spiro atoms. The highest BCUT2D eigenvalue weighted by atomic mass is 19.1. The molecular weight excluding hydrogens is 533 g/mol. The molecule has 12 heteroatoms. The molecule has 0 aliphatic carbocycles. The number of esters is 1. The molecule has 3 aromatic heterocycles. The summed E-state index contributed by atoms with van der Waals surface area (Å²) in [5.41, 5.74) is 3.25. The number of benzene rings is 1. The molecule has 0 amide bonds. The summed E-state index contributed by atoms with van der Waals surface area (Å²) >= 11 is 0. The van der Waals surface area contributed by atoms with Crippen molar-refractivity contribution in [2.45, 2.75) is 25.8 Å². The maximum atomic E-state index is 13.4. The molecule has 4 heterocycles. The van der Waals surface area contributed by atoms with E-state index in [1.807, 2.05) is 24.3 Å².